The Bertz CT molecular complexity index is 660. The van der Waals surface area contributed by atoms with Crippen molar-refractivity contribution < 1.29 is 9.47 Å². The first kappa shape index (κ1) is 11.6. The van der Waals surface area contributed by atoms with Crippen LogP contribution in [0.5, 0.6) is 11.5 Å². The summed E-state index contributed by atoms with van der Waals surface area (Å²) in [4.78, 5) is 0. The van der Waals surface area contributed by atoms with Crippen molar-refractivity contribution in [1.82, 2.24) is 0 Å². The van der Waals surface area contributed by atoms with E-state index >= 15 is 0 Å². The van der Waals surface area contributed by atoms with E-state index in [1.54, 1.807) is 14.2 Å². The van der Waals surface area contributed by atoms with Gasteiger partial charge in [0.25, 0.3) is 0 Å². The Hall–Kier alpha value is -2.22. The van der Waals surface area contributed by atoms with Crippen LogP contribution in [0.2, 0.25) is 0 Å². The van der Waals surface area contributed by atoms with E-state index in [1.807, 2.05) is 12.1 Å². The van der Waals surface area contributed by atoms with Gasteiger partial charge in [0.1, 0.15) is 11.5 Å². The Morgan fingerprint density at radius 2 is 1.20 bits per heavy atom. The van der Waals surface area contributed by atoms with Gasteiger partial charge in [0.2, 0.25) is 0 Å². The third-order valence-electron chi connectivity index (χ3n) is 4.43. The average molecular weight is 264 g/mol. The van der Waals surface area contributed by atoms with Crippen molar-refractivity contribution in [3.05, 3.63) is 70.8 Å². The van der Waals surface area contributed by atoms with E-state index in [-0.39, 0.29) is 5.92 Å². The second-order valence-corrected chi connectivity index (χ2v) is 5.27. The van der Waals surface area contributed by atoms with Gasteiger partial charge in [-0.2, -0.15) is 0 Å². The zero-order valence-corrected chi connectivity index (χ0v) is 11.6. The Morgan fingerprint density at radius 1 is 0.700 bits per heavy atom. The zero-order chi connectivity index (χ0) is 13.7. The predicted molar refractivity (Wildman–Crippen MR) is 78.8 cm³/mol. The Morgan fingerprint density at radius 3 is 1.70 bits per heavy atom. The van der Waals surface area contributed by atoms with Crippen LogP contribution in [0.1, 0.15) is 34.1 Å². The number of rotatable bonds is 2. The van der Waals surface area contributed by atoms with Crippen LogP contribution in [-0.2, 0) is 0 Å². The van der Waals surface area contributed by atoms with Crippen LogP contribution in [0.4, 0.5) is 0 Å². The molecule has 100 valence electrons. The number of methoxy groups -OCH3 is 2. The van der Waals surface area contributed by atoms with Crippen LogP contribution in [0.15, 0.2) is 48.6 Å². The molecule has 2 bridgehead atoms. The molecular formula is C18H16O2. The lowest BCUT2D eigenvalue weighted by atomic mass is 9.67. The van der Waals surface area contributed by atoms with E-state index in [0.717, 1.165) is 11.5 Å². The number of allylic oxidation sites excluding steroid dienone is 2. The van der Waals surface area contributed by atoms with E-state index in [1.165, 1.54) is 22.3 Å². The molecule has 5 rings (SSSR count). The van der Waals surface area contributed by atoms with Gasteiger partial charge in [-0.25, -0.2) is 0 Å². The molecule has 2 aromatic carbocycles. The largest absolute Gasteiger partial charge is 0.496 e. The summed E-state index contributed by atoms with van der Waals surface area (Å²) in [5, 5.41) is 0. The normalized spacial score (nSPS) is 21.3. The summed E-state index contributed by atoms with van der Waals surface area (Å²) in [6.45, 7) is 0. The molecule has 0 radical (unpaired) electrons. The molecule has 0 aromatic heterocycles. The van der Waals surface area contributed by atoms with Crippen molar-refractivity contribution in [3.63, 3.8) is 0 Å². The highest BCUT2D eigenvalue weighted by Crippen LogP contribution is 2.53. The maximum absolute atomic E-state index is 5.58. The molecule has 0 saturated heterocycles. The lowest BCUT2D eigenvalue weighted by Crippen LogP contribution is -2.22. The van der Waals surface area contributed by atoms with Crippen molar-refractivity contribution in [1.29, 1.82) is 0 Å². The van der Waals surface area contributed by atoms with Gasteiger partial charge < -0.3 is 9.47 Å². The molecule has 0 saturated carbocycles. The van der Waals surface area contributed by atoms with Gasteiger partial charge in [-0.3, -0.25) is 0 Å². The molecule has 0 spiro atoms. The fraction of sp³-hybridized carbons (Fsp3) is 0.222. The maximum Gasteiger partial charge on any atom is 0.123 e. The highest BCUT2D eigenvalue weighted by molar-refractivity contribution is 5.66. The summed E-state index contributed by atoms with van der Waals surface area (Å²) >= 11 is 0. The zero-order valence-electron chi connectivity index (χ0n) is 11.6. The molecule has 0 fully saturated rings. The van der Waals surface area contributed by atoms with Gasteiger partial charge >= 0.3 is 0 Å². The molecule has 3 aliphatic rings. The number of hydrogen-bond donors (Lipinski definition) is 0. The number of hydrogen-bond acceptors (Lipinski definition) is 2. The first-order chi connectivity index (χ1) is 9.85. The van der Waals surface area contributed by atoms with Gasteiger partial charge in [0.15, 0.2) is 0 Å². The standard InChI is InChI=1S/C18H16O2/c1-19-15-7-3-5-12-11-9-10-14(17(12)15)18-13(11)6-4-8-16(18)20-2/h3-11,14H,1-2H3. The minimum Gasteiger partial charge on any atom is -0.496 e. The van der Waals surface area contributed by atoms with E-state index in [2.05, 4.69) is 36.4 Å². The van der Waals surface area contributed by atoms with Gasteiger partial charge in [-0.1, -0.05) is 36.4 Å². The average Bonchev–Trinajstić information content (AvgIpc) is 2.54. The van der Waals surface area contributed by atoms with E-state index in [4.69, 9.17) is 9.47 Å². The highest BCUT2D eigenvalue weighted by atomic mass is 16.5. The summed E-state index contributed by atoms with van der Waals surface area (Å²) in [5.41, 5.74) is 5.30. The lowest BCUT2D eigenvalue weighted by molar-refractivity contribution is 0.399. The molecule has 0 N–H and O–H groups in total. The third kappa shape index (κ3) is 1.34. The van der Waals surface area contributed by atoms with Crippen molar-refractivity contribution >= 4 is 0 Å². The highest BCUT2D eigenvalue weighted by Gasteiger charge is 2.37. The fourth-order valence-electron chi connectivity index (χ4n) is 3.62. The Balaban J connectivity index is 2.02. The summed E-state index contributed by atoms with van der Waals surface area (Å²) in [7, 11) is 3.48. The van der Waals surface area contributed by atoms with Crippen LogP contribution >= 0.6 is 0 Å². The molecule has 0 aliphatic heterocycles. The molecule has 2 heteroatoms. The van der Waals surface area contributed by atoms with Gasteiger partial charge in [-0.05, 0) is 23.3 Å². The van der Waals surface area contributed by atoms with Crippen LogP contribution < -0.4 is 9.47 Å². The quantitative estimate of drug-likeness (QED) is 0.767. The molecule has 0 atom stereocenters. The Labute approximate surface area is 118 Å². The number of benzene rings is 2. The predicted octanol–water partition coefficient (Wildman–Crippen LogP) is 3.85. The van der Waals surface area contributed by atoms with Crippen LogP contribution in [0, 0.1) is 0 Å². The molecule has 2 aromatic rings. The molecule has 20 heavy (non-hydrogen) atoms. The molecule has 2 nitrogen and oxygen atoms in total. The topological polar surface area (TPSA) is 18.5 Å². The summed E-state index contributed by atoms with van der Waals surface area (Å²) in [6.07, 6.45) is 4.58. The first-order valence-electron chi connectivity index (χ1n) is 6.87. The van der Waals surface area contributed by atoms with Gasteiger partial charge in [0, 0.05) is 23.0 Å². The van der Waals surface area contributed by atoms with Crippen molar-refractivity contribution in [2.24, 2.45) is 0 Å². The monoisotopic (exact) mass is 264 g/mol. The van der Waals surface area contributed by atoms with Crippen LogP contribution in [0.3, 0.4) is 0 Å². The SMILES string of the molecule is COc1cccc2c1C1C=CC2c2cccc(OC)c21. The number of ether oxygens (including phenoxy) is 2. The molecule has 0 heterocycles. The first-order valence-corrected chi connectivity index (χ1v) is 6.87. The van der Waals surface area contributed by atoms with Gasteiger partial charge in [-0.15, -0.1) is 0 Å². The van der Waals surface area contributed by atoms with E-state index < -0.39 is 0 Å². The fourth-order valence-corrected chi connectivity index (χ4v) is 3.62. The third-order valence-corrected chi connectivity index (χ3v) is 4.43. The van der Waals surface area contributed by atoms with Crippen LogP contribution in [-0.4, -0.2) is 14.2 Å². The van der Waals surface area contributed by atoms with Crippen molar-refractivity contribution in [2.45, 2.75) is 11.8 Å². The molecule has 0 unspecified atom stereocenters. The molecular weight excluding hydrogens is 248 g/mol. The molecule has 0 amide bonds. The summed E-state index contributed by atoms with van der Waals surface area (Å²) in [5.74, 6) is 2.49. The smallest absolute Gasteiger partial charge is 0.123 e. The van der Waals surface area contributed by atoms with Gasteiger partial charge in [0.05, 0.1) is 14.2 Å². The van der Waals surface area contributed by atoms with Crippen molar-refractivity contribution in [2.75, 3.05) is 14.2 Å². The summed E-state index contributed by atoms with van der Waals surface area (Å²) in [6, 6.07) is 12.7. The minimum absolute atomic E-state index is 0.234. The minimum atomic E-state index is 0.234. The maximum atomic E-state index is 5.58. The summed E-state index contributed by atoms with van der Waals surface area (Å²) < 4.78 is 11.2. The second-order valence-electron chi connectivity index (χ2n) is 5.27. The van der Waals surface area contributed by atoms with E-state index in [0.29, 0.717) is 5.92 Å². The van der Waals surface area contributed by atoms with Crippen molar-refractivity contribution in [3.8, 4) is 11.5 Å². The second kappa shape index (κ2) is 4.14. The van der Waals surface area contributed by atoms with Crippen LogP contribution in [0.25, 0.3) is 0 Å². The Kier molecular flexibility index (Phi) is 2.40. The van der Waals surface area contributed by atoms with E-state index in [9.17, 15) is 0 Å². The lowest BCUT2D eigenvalue weighted by Gasteiger charge is -2.37. The molecule has 3 aliphatic carbocycles.